The van der Waals surface area contributed by atoms with E-state index in [2.05, 4.69) is 15.5 Å². The minimum Gasteiger partial charge on any atom is -0.403 e. The first-order chi connectivity index (χ1) is 12.2. The van der Waals surface area contributed by atoms with Crippen LogP contribution in [0.5, 0.6) is 0 Å². The van der Waals surface area contributed by atoms with E-state index in [-0.39, 0.29) is 18.0 Å². The smallest absolute Gasteiger partial charge is 0.316 e. The molecule has 0 bridgehead atoms. The third kappa shape index (κ3) is 3.25. The average Bonchev–Trinajstić information content (AvgIpc) is 3.09. The molecule has 1 spiro atoms. The molecule has 1 N–H and O–H groups in total. The van der Waals surface area contributed by atoms with E-state index in [0.29, 0.717) is 11.3 Å². The maximum absolute atomic E-state index is 12.7. The average molecular weight is 340 g/mol. The van der Waals surface area contributed by atoms with Crippen molar-refractivity contribution in [2.45, 2.75) is 45.1 Å². The first-order valence-electron chi connectivity index (χ1n) is 9.10. The maximum Gasteiger partial charge on any atom is 0.316 e. The van der Waals surface area contributed by atoms with Crippen molar-refractivity contribution in [1.29, 1.82) is 0 Å². The number of likely N-dealkylation sites (tertiary alicyclic amines) is 1. The first kappa shape index (κ1) is 16.1. The summed E-state index contributed by atoms with van der Waals surface area (Å²) in [7, 11) is 0. The van der Waals surface area contributed by atoms with Crippen molar-refractivity contribution in [3.63, 3.8) is 0 Å². The normalized spacial score (nSPS) is 20.1. The minimum atomic E-state index is -0.375. The summed E-state index contributed by atoms with van der Waals surface area (Å²) in [5.41, 5.74) is 1.41. The zero-order valence-corrected chi connectivity index (χ0v) is 14.6. The summed E-state index contributed by atoms with van der Waals surface area (Å²) in [6.45, 7) is 3.58. The standard InChI is InChI=1S/C19H24N4O2/c1-14(17(24)23-12-10-19(11-13-23)8-5-9-19)20-18-22-21-16(25-18)15-6-3-2-4-7-15/h2-4,6-7,14H,5,8-13H2,1H3,(H,20,22)/t14-/m1/s1. The highest BCUT2D eigenvalue weighted by molar-refractivity contribution is 5.83. The molecule has 6 nitrogen and oxygen atoms in total. The lowest BCUT2D eigenvalue weighted by molar-refractivity contribution is -0.135. The molecule has 2 aromatic rings. The van der Waals surface area contributed by atoms with Crippen LogP contribution in [0.1, 0.15) is 39.0 Å². The van der Waals surface area contributed by atoms with E-state index in [1.807, 2.05) is 42.2 Å². The molecule has 2 aliphatic rings. The summed E-state index contributed by atoms with van der Waals surface area (Å²) < 4.78 is 5.63. The number of hydrogen-bond donors (Lipinski definition) is 1. The second-order valence-corrected chi connectivity index (χ2v) is 7.32. The van der Waals surface area contributed by atoms with Gasteiger partial charge >= 0.3 is 6.01 Å². The van der Waals surface area contributed by atoms with Crippen LogP contribution in [-0.4, -0.2) is 40.1 Å². The first-order valence-corrected chi connectivity index (χ1v) is 9.10. The molecule has 0 unspecified atom stereocenters. The maximum atomic E-state index is 12.7. The van der Waals surface area contributed by atoms with Crippen LogP contribution >= 0.6 is 0 Å². The molecule has 2 heterocycles. The number of aromatic nitrogens is 2. The Labute approximate surface area is 147 Å². The zero-order chi connectivity index (χ0) is 17.3. The number of anilines is 1. The fraction of sp³-hybridized carbons (Fsp3) is 0.526. The Balaban J connectivity index is 1.35. The van der Waals surface area contributed by atoms with Gasteiger partial charge in [0.2, 0.25) is 11.8 Å². The minimum absolute atomic E-state index is 0.105. The predicted octanol–water partition coefficient (Wildman–Crippen LogP) is 3.33. The van der Waals surface area contributed by atoms with Gasteiger partial charge < -0.3 is 14.6 Å². The van der Waals surface area contributed by atoms with Gasteiger partial charge in [-0.2, -0.15) is 0 Å². The van der Waals surface area contributed by atoms with E-state index < -0.39 is 0 Å². The van der Waals surface area contributed by atoms with Gasteiger partial charge in [0, 0.05) is 18.7 Å². The molecule has 1 aromatic carbocycles. The van der Waals surface area contributed by atoms with Crippen molar-refractivity contribution in [2.24, 2.45) is 5.41 Å². The van der Waals surface area contributed by atoms with Crippen LogP contribution in [0.25, 0.3) is 11.5 Å². The van der Waals surface area contributed by atoms with Gasteiger partial charge in [0.15, 0.2) is 0 Å². The number of carbonyl (C=O) groups is 1. The molecule has 1 atom stereocenters. The number of hydrogen-bond acceptors (Lipinski definition) is 5. The second-order valence-electron chi connectivity index (χ2n) is 7.32. The Bertz CT molecular complexity index is 729. The van der Waals surface area contributed by atoms with Gasteiger partial charge in [-0.1, -0.05) is 29.7 Å². The molecule has 6 heteroatoms. The number of nitrogens with zero attached hydrogens (tertiary/aromatic N) is 3. The van der Waals surface area contributed by atoms with Crippen LogP contribution in [0.4, 0.5) is 6.01 Å². The third-order valence-electron chi connectivity index (χ3n) is 5.71. The van der Waals surface area contributed by atoms with Crippen molar-refractivity contribution in [3.8, 4) is 11.5 Å². The molecule has 4 rings (SSSR count). The summed E-state index contributed by atoms with van der Waals surface area (Å²) >= 11 is 0. The summed E-state index contributed by atoms with van der Waals surface area (Å²) in [5.74, 6) is 0.557. The quantitative estimate of drug-likeness (QED) is 0.924. The van der Waals surface area contributed by atoms with Crippen LogP contribution in [-0.2, 0) is 4.79 Å². The molecule has 0 radical (unpaired) electrons. The number of benzene rings is 1. The molecule has 1 saturated heterocycles. The lowest BCUT2D eigenvalue weighted by Crippen LogP contribution is -2.49. The van der Waals surface area contributed by atoms with Gasteiger partial charge in [0.1, 0.15) is 6.04 Å². The Morgan fingerprint density at radius 3 is 2.52 bits per heavy atom. The molecule has 25 heavy (non-hydrogen) atoms. The van der Waals surface area contributed by atoms with Gasteiger partial charge in [0.05, 0.1) is 0 Å². The van der Waals surface area contributed by atoms with Crippen molar-refractivity contribution >= 4 is 11.9 Å². The lowest BCUT2D eigenvalue weighted by Gasteiger charge is -2.48. The summed E-state index contributed by atoms with van der Waals surface area (Å²) in [6, 6.07) is 9.51. The molecule has 132 valence electrons. The van der Waals surface area contributed by atoms with E-state index in [1.165, 1.54) is 19.3 Å². The number of piperidine rings is 1. The predicted molar refractivity (Wildman–Crippen MR) is 94.9 cm³/mol. The van der Waals surface area contributed by atoms with Crippen molar-refractivity contribution in [1.82, 2.24) is 15.1 Å². The topological polar surface area (TPSA) is 71.3 Å². The van der Waals surface area contributed by atoms with Crippen LogP contribution in [0, 0.1) is 5.41 Å². The monoisotopic (exact) mass is 340 g/mol. The highest BCUT2D eigenvalue weighted by Crippen LogP contribution is 2.48. The van der Waals surface area contributed by atoms with Crippen LogP contribution in [0.2, 0.25) is 0 Å². The molecule has 1 amide bonds. The Morgan fingerprint density at radius 2 is 1.88 bits per heavy atom. The second kappa shape index (κ2) is 6.50. The summed E-state index contributed by atoms with van der Waals surface area (Å²) in [4.78, 5) is 14.6. The zero-order valence-electron chi connectivity index (χ0n) is 14.6. The van der Waals surface area contributed by atoms with Gasteiger partial charge in [-0.05, 0) is 50.2 Å². The molecule has 1 aromatic heterocycles. The van der Waals surface area contributed by atoms with Gasteiger partial charge in [-0.25, -0.2) is 0 Å². The van der Waals surface area contributed by atoms with Crippen LogP contribution in [0.3, 0.4) is 0 Å². The van der Waals surface area contributed by atoms with E-state index in [4.69, 9.17) is 4.42 Å². The molecule has 1 saturated carbocycles. The number of carbonyl (C=O) groups excluding carboxylic acids is 1. The van der Waals surface area contributed by atoms with E-state index >= 15 is 0 Å². The van der Waals surface area contributed by atoms with Crippen molar-refractivity contribution in [3.05, 3.63) is 30.3 Å². The fourth-order valence-electron chi connectivity index (χ4n) is 3.88. The molecular formula is C19H24N4O2. The van der Waals surface area contributed by atoms with Crippen molar-refractivity contribution < 1.29 is 9.21 Å². The van der Waals surface area contributed by atoms with Crippen molar-refractivity contribution in [2.75, 3.05) is 18.4 Å². The van der Waals surface area contributed by atoms with Crippen LogP contribution in [0.15, 0.2) is 34.7 Å². The molecular weight excluding hydrogens is 316 g/mol. The lowest BCUT2D eigenvalue weighted by atomic mass is 9.63. The SMILES string of the molecule is C[C@@H](Nc1nnc(-c2ccccc2)o1)C(=O)N1CCC2(CCC2)CC1. The number of rotatable bonds is 4. The van der Waals surface area contributed by atoms with Crippen LogP contribution < -0.4 is 5.32 Å². The summed E-state index contributed by atoms with van der Waals surface area (Å²) in [5, 5.41) is 11.1. The molecule has 1 aliphatic carbocycles. The van der Waals surface area contributed by atoms with Gasteiger partial charge in [-0.15, -0.1) is 5.10 Å². The Kier molecular flexibility index (Phi) is 4.19. The number of nitrogens with one attached hydrogen (secondary N) is 1. The largest absolute Gasteiger partial charge is 0.403 e. The van der Waals surface area contributed by atoms with E-state index in [0.717, 1.165) is 31.5 Å². The summed E-state index contributed by atoms with van der Waals surface area (Å²) in [6.07, 6.45) is 6.32. The Morgan fingerprint density at radius 1 is 1.16 bits per heavy atom. The molecule has 1 aliphatic heterocycles. The van der Waals surface area contributed by atoms with Gasteiger partial charge in [-0.3, -0.25) is 4.79 Å². The molecule has 2 fully saturated rings. The fourth-order valence-corrected chi connectivity index (χ4v) is 3.88. The van der Waals surface area contributed by atoms with E-state index in [9.17, 15) is 4.79 Å². The van der Waals surface area contributed by atoms with E-state index in [1.54, 1.807) is 0 Å². The third-order valence-corrected chi connectivity index (χ3v) is 5.71. The highest BCUT2D eigenvalue weighted by Gasteiger charge is 2.40. The highest BCUT2D eigenvalue weighted by atomic mass is 16.4. The van der Waals surface area contributed by atoms with Gasteiger partial charge in [0.25, 0.3) is 0 Å². The number of amides is 1. The Hall–Kier alpha value is -2.37.